The predicted molar refractivity (Wildman–Crippen MR) is 204 cm³/mol. The van der Waals surface area contributed by atoms with Crippen molar-refractivity contribution in [2.75, 3.05) is 25.5 Å². The SMILES string of the molecule is COc1nc(O[C@H]2CCc3c(-c4cccc(C(=O)Nc5ccc(CNC[C@@H](O)CC(=O)O)c(Br)n5)c4Cl)cccc32)c(Cl)cc1CNC[C@@H](O)CC(=O)O. The van der Waals surface area contributed by atoms with Crippen molar-refractivity contribution in [3.05, 3.63) is 97.1 Å². The predicted octanol–water partition coefficient (Wildman–Crippen LogP) is 5.39. The number of rotatable bonds is 18. The molecule has 3 atom stereocenters. The van der Waals surface area contributed by atoms with Gasteiger partial charge in [0.15, 0.2) is 0 Å². The molecule has 0 bridgehead atoms. The van der Waals surface area contributed by atoms with Gasteiger partial charge in [-0.2, -0.15) is 4.98 Å². The van der Waals surface area contributed by atoms with Gasteiger partial charge in [0.05, 0.1) is 42.7 Å². The van der Waals surface area contributed by atoms with Crippen LogP contribution in [-0.4, -0.2) is 80.6 Å². The number of hydrogen-bond acceptors (Lipinski definition) is 11. The van der Waals surface area contributed by atoms with Gasteiger partial charge in [0.25, 0.3) is 5.91 Å². The van der Waals surface area contributed by atoms with E-state index >= 15 is 0 Å². The van der Waals surface area contributed by atoms with E-state index in [1.807, 2.05) is 24.3 Å². The van der Waals surface area contributed by atoms with Crippen molar-refractivity contribution in [1.82, 2.24) is 20.6 Å². The van der Waals surface area contributed by atoms with Gasteiger partial charge in [0.2, 0.25) is 11.8 Å². The van der Waals surface area contributed by atoms with Crippen LogP contribution in [0.25, 0.3) is 11.1 Å². The molecular formula is C37H38BrCl2N5O9. The lowest BCUT2D eigenvalue weighted by Gasteiger charge is -2.18. The molecule has 286 valence electrons. The number of methoxy groups -OCH3 is 1. The van der Waals surface area contributed by atoms with E-state index in [4.69, 9.17) is 42.9 Å². The number of nitrogens with zero attached hydrogens (tertiary/aromatic N) is 2. The van der Waals surface area contributed by atoms with Gasteiger partial charge in [-0.3, -0.25) is 14.4 Å². The average Bonchev–Trinajstić information content (AvgIpc) is 3.52. The van der Waals surface area contributed by atoms with Crippen molar-refractivity contribution >= 4 is 62.8 Å². The van der Waals surface area contributed by atoms with E-state index in [-0.39, 0.29) is 71.8 Å². The average molecular weight is 848 g/mol. The molecule has 1 aliphatic carbocycles. The Kier molecular flexibility index (Phi) is 14.2. The molecule has 54 heavy (non-hydrogen) atoms. The van der Waals surface area contributed by atoms with Gasteiger partial charge in [-0.25, -0.2) is 4.98 Å². The molecule has 0 aliphatic heterocycles. The molecule has 0 fully saturated rings. The summed E-state index contributed by atoms with van der Waals surface area (Å²) < 4.78 is 12.3. The normalized spacial score (nSPS) is 14.6. The van der Waals surface area contributed by atoms with Crippen molar-refractivity contribution in [2.24, 2.45) is 0 Å². The number of pyridine rings is 2. The van der Waals surface area contributed by atoms with Gasteiger partial charge in [0, 0.05) is 37.3 Å². The molecule has 5 rings (SSSR count). The summed E-state index contributed by atoms with van der Waals surface area (Å²) in [5, 5.41) is 46.5. The van der Waals surface area contributed by atoms with Gasteiger partial charge >= 0.3 is 11.9 Å². The van der Waals surface area contributed by atoms with Gasteiger partial charge in [0.1, 0.15) is 21.5 Å². The fourth-order valence-corrected chi connectivity index (χ4v) is 7.06. The highest BCUT2D eigenvalue weighted by Gasteiger charge is 2.29. The molecule has 0 radical (unpaired) electrons. The Balaban J connectivity index is 1.27. The molecule has 1 aliphatic rings. The highest BCUT2D eigenvalue weighted by molar-refractivity contribution is 9.10. The van der Waals surface area contributed by atoms with Crippen LogP contribution in [0.1, 0.15) is 58.0 Å². The van der Waals surface area contributed by atoms with Crippen LogP contribution in [0.4, 0.5) is 5.82 Å². The van der Waals surface area contributed by atoms with E-state index in [9.17, 15) is 24.6 Å². The number of carboxylic acid groups (broad SMARTS) is 2. The molecule has 4 aromatic rings. The van der Waals surface area contributed by atoms with Crippen molar-refractivity contribution in [2.45, 2.75) is 57.1 Å². The number of amides is 1. The topological polar surface area (TPSA) is 212 Å². The molecule has 0 saturated carbocycles. The number of carboxylic acids is 2. The second-order valence-corrected chi connectivity index (χ2v) is 14.0. The van der Waals surface area contributed by atoms with E-state index in [0.717, 1.165) is 22.3 Å². The standard InChI is InChI=1S/C37H38BrCl2N5O9/c1-53-36-20(16-42-18-22(47)14-32(50)51)12-28(39)37(45-36)54-29-10-9-24-23(4-2-5-25(24)29)26-6-3-7-27(33(26)40)35(52)44-30-11-8-19(34(38)43-30)15-41-17-21(46)13-31(48)49/h2-8,11-12,21-22,29,41-42,46-47H,9-10,13-18H2,1H3,(H,48,49)(H,50,51)(H,43,44,52)/t21-,22-,29-/m0/s1. The van der Waals surface area contributed by atoms with Crippen LogP contribution in [0.3, 0.4) is 0 Å². The largest absolute Gasteiger partial charge is 0.481 e. The third-order valence-corrected chi connectivity index (χ3v) is 9.92. The lowest BCUT2D eigenvalue weighted by atomic mass is 9.95. The fourth-order valence-electron chi connectivity index (χ4n) is 6.06. The third kappa shape index (κ3) is 10.4. The molecule has 2 aromatic heterocycles. The number of carbonyl (C=O) groups excluding carboxylic acids is 1. The number of aliphatic hydroxyl groups excluding tert-OH is 2. The van der Waals surface area contributed by atoms with E-state index in [1.165, 1.54) is 7.11 Å². The van der Waals surface area contributed by atoms with Crippen LogP contribution < -0.4 is 25.4 Å². The van der Waals surface area contributed by atoms with Gasteiger partial charge < -0.3 is 45.9 Å². The van der Waals surface area contributed by atoms with Crippen molar-refractivity contribution in [1.29, 1.82) is 0 Å². The zero-order valence-corrected chi connectivity index (χ0v) is 32.0. The number of carbonyl (C=O) groups is 3. The zero-order valence-electron chi connectivity index (χ0n) is 28.9. The van der Waals surface area contributed by atoms with Crippen LogP contribution >= 0.6 is 39.1 Å². The summed E-state index contributed by atoms with van der Waals surface area (Å²) in [6.07, 6.45) is -1.91. The van der Waals surface area contributed by atoms with Gasteiger partial charge in [-0.05, 0) is 69.2 Å². The third-order valence-electron chi connectivity index (χ3n) is 8.56. The molecule has 0 unspecified atom stereocenters. The first kappa shape index (κ1) is 40.8. The number of nitrogens with one attached hydrogen (secondary N) is 3. The van der Waals surface area contributed by atoms with Gasteiger partial charge in [-0.1, -0.05) is 59.6 Å². The summed E-state index contributed by atoms with van der Waals surface area (Å²) in [5.41, 5.74) is 5.06. The number of hydrogen-bond donors (Lipinski definition) is 7. The van der Waals surface area contributed by atoms with Crippen molar-refractivity contribution < 1.29 is 44.3 Å². The molecule has 7 N–H and O–H groups in total. The van der Waals surface area contributed by atoms with E-state index in [1.54, 1.807) is 30.3 Å². The van der Waals surface area contributed by atoms with Crippen LogP contribution in [0, 0.1) is 0 Å². The number of ether oxygens (including phenoxy) is 2. The lowest BCUT2D eigenvalue weighted by Crippen LogP contribution is -2.28. The molecule has 2 aromatic carbocycles. The van der Waals surface area contributed by atoms with Crippen molar-refractivity contribution in [3.63, 3.8) is 0 Å². The number of aromatic nitrogens is 2. The molecule has 0 saturated heterocycles. The number of benzene rings is 2. The lowest BCUT2D eigenvalue weighted by molar-refractivity contribution is -0.140. The first-order valence-corrected chi connectivity index (χ1v) is 18.4. The second-order valence-electron chi connectivity index (χ2n) is 12.5. The molecule has 0 spiro atoms. The van der Waals surface area contributed by atoms with Crippen molar-refractivity contribution in [3.8, 4) is 22.9 Å². The number of aliphatic carboxylic acids is 2. The second kappa shape index (κ2) is 18.8. The highest BCUT2D eigenvalue weighted by Crippen LogP contribution is 2.43. The van der Waals surface area contributed by atoms with Gasteiger partial charge in [-0.15, -0.1) is 0 Å². The number of anilines is 1. The first-order valence-electron chi connectivity index (χ1n) is 16.8. The van der Waals surface area contributed by atoms with Crippen LogP contribution in [0.15, 0.2) is 59.2 Å². The van der Waals surface area contributed by atoms with E-state index in [0.29, 0.717) is 35.1 Å². The maximum atomic E-state index is 13.4. The molecule has 14 nitrogen and oxygen atoms in total. The van der Waals surface area contributed by atoms with E-state index in [2.05, 4.69) is 41.8 Å². The zero-order chi connectivity index (χ0) is 38.9. The Hall–Kier alpha value is -4.35. The Morgan fingerprint density at radius 1 is 0.889 bits per heavy atom. The minimum Gasteiger partial charge on any atom is -0.481 e. The highest BCUT2D eigenvalue weighted by atomic mass is 79.9. The summed E-state index contributed by atoms with van der Waals surface area (Å²) in [4.78, 5) is 43.9. The quantitative estimate of drug-likeness (QED) is 0.0627. The minimum absolute atomic E-state index is 0.0552. The summed E-state index contributed by atoms with van der Waals surface area (Å²) in [5.74, 6) is -1.90. The summed E-state index contributed by atoms with van der Waals surface area (Å²) in [7, 11) is 1.46. The van der Waals surface area contributed by atoms with E-state index < -0.39 is 30.1 Å². The van der Waals surface area contributed by atoms with Crippen LogP contribution in [0.5, 0.6) is 11.8 Å². The fraction of sp³-hybridized carbons (Fsp3) is 0.324. The van der Waals surface area contributed by atoms with Crippen LogP contribution in [-0.2, 0) is 29.1 Å². The maximum Gasteiger partial charge on any atom is 0.306 e. The Bertz CT molecular complexity index is 2020. The summed E-state index contributed by atoms with van der Waals surface area (Å²) >= 11 is 16.9. The van der Waals surface area contributed by atoms with Crippen LogP contribution in [0.2, 0.25) is 10.0 Å². The Labute approximate surface area is 329 Å². The molecule has 1 amide bonds. The molecule has 2 heterocycles. The monoisotopic (exact) mass is 845 g/mol. The Morgan fingerprint density at radius 3 is 2.19 bits per heavy atom. The summed E-state index contributed by atoms with van der Waals surface area (Å²) in [6, 6.07) is 16.1. The Morgan fingerprint density at radius 2 is 1.54 bits per heavy atom. The summed E-state index contributed by atoms with van der Waals surface area (Å²) in [6.45, 7) is 0.682. The number of fused-ring (bicyclic) bond motifs is 1. The molecular weight excluding hydrogens is 809 g/mol. The maximum absolute atomic E-state index is 13.4. The minimum atomic E-state index is -1.10. The first-order chi connectivity index (χ1) is 25.8. The molecule has 17 heteroatoms. The number of halogens is 3. The number of aliphatic hydroxyl groups is 2. The smallest absolute Gasteiger partial charge is 0.306 e.